The number of hydrogen-bond donors (Lipinski definition) is 0. The molecule has 0 saturated carbocycles. The molecule has 2 fully saturated rings. The maximum Gasteiger partial charge on any atom is 0.228 e. The number of pyridine rings is 1. The lowest BCUT2D eigenvalue weighted by Gasteiger charge is -2.38. The van der Waals surface area contributed by atoms with Crippen LogP contribution in [-0.4, -0.2) is 53.3 Å². The highest BCUT2D eigenvalue weighted by molar-refractivity contribution is 5.80. The van der Waals surface area contributed by atoms with Crippen molar-refractivity contribution in [2.45, 2.75) is 25.7 Å². The summed E-state index contributed by atoms with van der Waals surface area (Å²) in [6, 6.07) is 5.64. The first-order valence-electron chi connectivity index (χ1n) is 7.50. The number of carbonyl (C=O) groups is 2. The quantitative estimate of drug-likeness (QED) is 0.818. The molecule has 0 radical (unpaired) electrons. The zero-order chi connectivity index (χ0) is 14.9. The third-order valence-corrected chi connectivity index (χ3v) is 4.76. The van der Waals surface area contributed by atoms with E-state index < -0.39 is 0 Å². The summed E-state index contributed by atoms with van der Waals surface area (Å²) in [7, 11) is 1.87. The molecule has 2 aliphatic rings. The Morgan fingerprint density at radius 2 is 2.10 bits per heavy atom. The second kappa shape index (κ2) is 5.47. The Hall–Kier alpha value is -1.91. The molecule has 0 bridgehead atoms. The number of likely N-dealkylation sites (tertiary alicyclic amines) is 2. The van der Waals surface area contributed by atoms with Gasteiger partial charge in [0.15, 0.2) is 0 Å². The number of rotatable bonds is 2. The van der Waals surface area contributed by atoms with Crippen molar-refractivity contribution in [2.24, 2.45) is 5.41 Å². The van der Waals surface area contributed by atoms with Crippen molar-refractivity contribution >= 4 is 11.8 Å². The van der Waals surface area contributed by atoms with Gasteiger partial charge in [-0.05, 0) is 25.0 Å². The fraction of sp³-hybridized carbons (Fsp3) is 0.562. The fourth-order valence-electron chi connectivity index (χ4n) is 3.44. The summed E-state index contributed by atoms with van der Waals surface area (Å²) in [6.07, 6.45) is 4.58. The molecule has 2 saturated heterocycles. The Bertz CT molecular complexity index is 536. The smallest absolute Gasteiger partial charge is 0.228 e. The van der Waals surface area contributed by atoms with E-state index in [9.17, 15) is 9.59 Å². The van der Waals surface area contributed by atoms with E-state index in [1.165, 1.54) is 0 Å². The first-order valence-corrected chi connectivity index (χ1v) is 7.50. The maximum atomic E-state index is 12.3. The van der Waals surface area contributed by atoms with E-state index in [2.05, 4.69) is 4.98 Å². The molecular weight excluding hydrogens is 266 g/mol. The van der Waals surface area contributed by atoms with Crippen molar-refractivity contribution < 1.29 is 9.59 Å². The number of hydrogen-bond acceptors (Lipinski definition) is 3. The summed E-state index contributed by atoms with van der Waals surface area (Å²) in [5.74, 6) is 0.379. The van der Waals surface area contributed by atoms with Gasteiger partial charge in [0.05, 0.1) is 6.42 Å². The van der Waals surface area contributed by atoms with E-state index in [0.717, 1.165) is 38.2 Å². The van der Waals surface area contributed by atoms with Crippen LogP contribution in [-0.2, 0) is 16.0 Å². The lowest BCUT2D eigenvalue weighted by atomic mass is 9.77. The Morgan fingerprint density at radius 1 is 1.33 bits per heavy atom. The molecule has 0 unspecified atom stereocenters. The summed E-state index contributed by atoms with van der Waals surface area (Å²) in [4.78, 5) is 32.0. The van der Waals surface area contributed by atoms with Crippen LogP contribution < -0.4 is 0 Å². The second-order valence-electron chi connectivity index (χ2n) is 6.31. The van der Waals surface area contributed by atoms with Gasteiger partial charge in [-0.2, -0.15) is 0 Å². The van der Waals surface area contributed by atoms with Gasteiger partial charge in [-0.1, -0.05) is 6.07 Å². The van der Waals surface area contributed by atoms with Gasteiger partial charge in [-0.15, -0.1) is 0 Å². The van der Waals surface area contributed by atoms with Crippen molar-refractivity contribution in [2.75, 3.05) is 26.7 Å². The van der Waals surface area contributed by atoms with Crippen molar-refractivity contribution in [1.82, 2.24) is 14.8 Å². The minimum atomic E-state index is 0.105. The molecule has 2 aliphatic heterocycles. The van der Waals surface area contributed by atoms with Gasteiger partial charge in [0.2, 0.25) is 11.8 Å². The van der Waals surface area contributed by atoms with Gasteiger partial charge >= 0.3 is 0 Å². The molecule has 1 aromatic heterocycles. The van der Waals surface area contributed by atoms with Crippen LogP contribution in [0.2, 0.25) is 0 Å². The molecule has 0 atom stereocenters. The maximum absolute atomic E-state index is 12.3. The fourth-order valence-corrected chi connectivity index (χ4v) is 3.44. The summed E-state index contributed by atoms with van der Waals surface area (Å²) in [5.41, 5.74) is 0.923. The molecule has 5 nitrogen and oxygen atoms in total. The molecule has 3 rings (SSSR count). The Balaban J connectivity index is 1.56. The van der Waals surface area contributed by atoms with Crippen LogP contribution in [0.1, 0.15) is 25.0 Å². The molecule has 1 spiro atoms. The predicted octanol–water partition coefficient (Wildman–Crippen LogP) is 1.09. The summed E-state index contributed by atoms with van der Waals surface area (Å²) < 4.78 is 0. The van der Waals surface area contributed by atoms with E-state index in [1.807, 2.05) is 35.0 Å². The summed E-state index contributed by atoms with van der Waals surface area (Å²) >= 11 is 0. The van der Waals surface area contributed by atoms with Gasteiger partial charge < -0.3 is 9.80 Å². The van der Waals surface area contributed by atoms with Crippen molar-refractivity contribution in [3.05, 3.63) is 30.1 Å². The monoisotopic (exact) mass is 287 g/mol. The largest absolute Gasteiger partial charge is 0.345 e. The first-order chi connectivity index (χ1) is 10.1. The summed E-state index contributed by atoms with van der Waals surface area (Å²) in [5, 5.41) is 0. The van der Waals surface area contributed by atoms with Crippen LogP contribution >= 0.6 is 0 Å². The topological polar surface area (TPSA) is 53.5 Å². The van der Waals surface area contributed by atoms with E-state index in [4.69, 9.17) is 0 Å². The molecule has 0 aliphatic carbocycles. The predicted molar refractivity (Wildman–Crippen MR) is 78.4 cm³/mol. The van der Waals surface area contributed by atoms with Gasteiger partial charge in [-0.25, -0.2) is 0 Å². The van der Waals surface area contributed by atoms with Gasteiger partial charge in [0, 0.05) is 50.4 Å². The van der Waals surface area contributed by atoms with Crippen LogP contribution in [0.3, 0.4) is 0 Å². The van der Waals surface area contributed by atoms with Crippen LogP contribution in [0, 0.1) is 5.41 Å². The molecule has 21 heavy (non-hydrogen) atoms. The minimum absolute atomic E-state index is 0.105. The standard InChI is InChI=1S/C16H21N3O2/c1-18-12-16(11-15(18)21)5-8-19(9-6-16)14(20)10-13-4-2-3-7-17-13/h2-4,7H,5-6,8-12H2,1H3. The van der Waals surface area contributed by atoms with Crippen LogP contribution in [0.15, 0.2) is 24.4 Å². The molecule has 2 amide bonds. The SMILES string of the molecule is CN1CC2(CCN(C(=O)Cc3ccccn3)CC2)CC1=O. The third kappa shape index (κ3) is 2.91. The Kier molecular flexibility index (Phi) is 3.66. The van der Waals surface area contributed by atoms with Crippen molar-refractivity contribution in [3.8, 4) is 0 Å². The number of carbonyl (C=O) groups excluding carboxylic acids is 2. The molecular formula is C16H21N3O2. The average molecular weight is 287 g/mol. The molecule has 1 aromatic rings. The molecule has 0 N–H and O–H groups in total. The zero-order valence-corrected chi connectivity index (χ0v) is 12.4. The Labute approximate surface area is 124 Å². The highest BCUT2D eigenvalue weighted by atomic mass is 16.2. The second-order valence-corrected chi connectivity index (χ2v) is 6.31. The molecule has 0 aromatic carbocycles. The van der Waals surface area contributed by atoms with Crippen molar-refractivity contribution in [1.29, 1.82) is 0 Å². The number of piperidine rings is 1. The van der Waals surface area contributed by atoms with E-state index >= 15 is 0 Å². The van der Waals surface area contributed by atoms with Gasteiger partial charge in [0.25, 0.3) is 0 Å². The normalized spacial score (nSPS) is 21.1. The van der Waals surface area contributed by atoms with Crippen LogP contribution in [0.5, 0.6) is 0 Å². The molecule has 3 heterocycles. The third-order valence-electron chi connectivity index (χ3n) is 4.76. The average Bonchev–Trinajstić information content (AvgIpc) is 2.75. The zero-order valence-electron chi connectivity index (χ0n) is 12.4. The molecule has 112 valence electrons. The van der Waals surface area contributed by atoms with Crippen LogP contribution in [0.25, 0.3) is 0 Å². The summed E-state index contributed by atoms with van der Waals surface area (Å²) in [6.45, 7) is 2.35. The van der Waals surface area contributed by atoms with E-state index in [1.54, 1.807) is 6.20 Å². The van der Waals surface area contributed by atoms with E-state index in [-0.39, 0.29) is 17.2 Å². The Morgan fingerprint density at radius 3 is 2.67 bits per heavy atom. The highest BCUT2D eigenvalue weighted by Crippen LogP contribution is 2.40. The highest BCUT2D eigenvalue weighted by Gasteiger charge is 2.44. The lowest BCUT2D eigenvalue weighted by Crippen LogP contribution is -2.44. The van der Waals surface area contributed by atoms with Gasteiger partial charge in [-0.3, -0.25) is 14.6 Å². The number of amides is 2. The van der Waals surface area contributed by atoms with Gasteiger partial charge in [0.1, 0.15) is 0 Å². The van der Waals surface area contributed by atoms with Crippen molar-refractivity contribution in [3.63, 3.8) is 0 Å². The number of aromatic nitrogens is 1. The van der Waals surface area contributed by atoms with E-state index in [0.29, 0.717) is 12.8 Å². The van der Waals surface area contributed by atoms with Crippen LogP contribution in [0.4, 0.5) is 0 Å². The minimum Gasteiger partial charge on any atom is -0.345 e. The molecule has 5 heteroatoms. The first kappa shape index (κ1) is 14.0. The lowest BCUT2D eigenvalue weighted by molar-refractivity contribution is -0.132. The number of nitrogens with zero attached hydrogens (tertiary/aromatic N) is 3.